The van der Waals surface area contributed by atoms with E-state index in [1.165, 1.54) is 16.8 Å². The number of carboxylic acids is 1. The Morgan fingerprint density at radius 3 is 2.65 bits per heavy atom. The Bertz CT molecular complexity index is 505. The van der Waals surface area contributed by atoms with Crippen molar-refractivity contribution in [2.45, 2.75) is 18.5 Å². The molecule has 20 heavy (non-hydrogen) atoms. The van der Waals surface area contributed by atoms with Crippen LogP contribution in [0.25, 0.3) is 0 Å². The maximum atomic E-state index is 12.3. The highest BCUT2D eigenvalue weighted by molar-refractivity contribution is 7.91. The van der Waals surface area contributed by atoms with Gasteiger partial charge in [-0.25, -0.2) is 18.0 Å². The van der Waals surface area contributed by atoms with E-state index in [4.69, 9.17) is 9.84 Å². The fourth-order valence-corrected chi connectivity index (χ4v) is 4.25. The van der Waals surface area contributed by atoms with Crippen molar-refractivity contribution in [3.8, 4) is 0 Å². The van der Waals surface area contributed by atoms with Crippen molar-refractivity contribution < 1.29 is 27.9 Å². The van der Waals surface area contributed by atoms with Crippen molar-refractivity contribution in [1.29, 1.82) is 0 Å². The summed E-state index contributed by atoms with van der Waals surface area (Å²) in [6.45, 7) is 0.434. The molecule has 8 nitrogen and oxygen atoms in total. The molecule has 9 heteroatoms. The van der Waals surface area contributed by atoms with Crippen molar-refractivity contribution in [2.75, 3.05) is 38.3 Å². The van der Waals surface area contributed by atoms with E-state index in [1.54, 1.807) is 0 Å². The fourth-order valence-electron chi connectivity index (χ4n) is 2.48. The number of amides is 2. The van der Waals surface area contributed by atoms with Crippen molar-refractivity contribution in [3.63, 3.8) is 0 Å². The van der Waals surface area contributed by atoms with Gasteiger partial charge in [-0.3, -0.25) is 0 Å². The molecule has 0 aromatic carbocycles. The molecule has 0 bridgehead atoms. The number of rotatable bonds is 2. The van der Waals surface area contributed by atoms with Crippen LogP contribution in [0.3, 0.4) is 0 Å². The smallest absolute Gasteiger partial charge is 0.328 e. The van der Waals surface area contributed by atoms with E-state index < -0.39 is 27.9 Å². The monoisotopic (exact) mass is 306 g/mol. The molecule has 2 amide bonds. The van der Waals surface area contributed by atoms with Gasteiger partial charge in [0.25, 0.3) is 0 Å². The third-order valence-electron chi connectivity index (χ3n) is 3.72. The second-order valence-electron chi connectivity index (χ2n) is 5.07. The Morgan fingerprint density at radius 1 is 1.40 bits per heavy atom. The third-order valence-corrected chi connectivity index (χ3v) is 5.47. The molecule has 2 rings (SSSR count). The summed E-state index contributed by atoms with van der Waals surface area (Å²) in [5.41, 5.74) is 0. The summed E-state index contributed by atoms with van der Waals surface area (Å²) >= 11 is 0. The molecule has 0 saturated carbocycles. The predicted molar refractivity (Wildman–Crippen MR) is 69.2 cm³/mol. The maximum Gasteiger partial charge on any atom is 0.328 e. The van der Waals surface area contributed by atoms with Gasteiger partial charge in [-0.15, -0.1) is 0 Å². The molecule has 0 aromatic rings. The number of nitrogens with zero attached hydrogens (tertiary/aromatic N) is 2. The zero-order valence-electron chi connectivity index (χ0n) is 11.2. The number of carbonyl (C=O) groups excluding carboxylic acids is 1. The average molecular weight is 306 g/mol. The first-order valence-corrected chi connectivity index (χ1v) is 8.18. The molecule has 0 aliphatic carbocycles. The first-order chi connectivity index (χ1) is 9.32. The highest BCUT2D eigenvalue weighted by atomic mass is 32.2. The van der Waals surface area contributed by atoms with Crippen LogP contribution in [-0.4, -0.2) is 85.7 Å². The minimum atomic E-state index is -3.09. The summed E-state index contributed by atoms with van der Waals surface area (Å²) in [7, 11) is -1.57. The molecule has 2 fully saturated rings. The lowest BCUT2D eigenvalue weighted by atomic mass is 10.2. The van der Waals surface area contributed by atoms with E-state index in [-0.39, 0.29) is 37.3 Å². The van der Waals surface area contributed by atoms with Gasteiger partial charge in [0.2, 0.25) is 0 Å². The molecule has 0 radical (unpaired) electrons. The molecule has 2 unspecified atom stereocenters. The van der Waals surface area contributed by atoms with Crippen LogP contribution < -0.4 is 0 Å². The van der Waals surface area contributed by atoms with Gasteiger partial charge in [0.05, 0.1) is 24.7 Å². The van der Waals surface area contributed by atoms with Crippen molar-refractivity contribution >= 4 is 21.8 Å². The summed E-state index contributed by atoms with van der Waals surface area (Å²) in [5.74, 6) is -1.11. The van der Waals surface area contributed by atoms with Crippen LogP contribution in [0.15, 0.2) is 0 Å². The van der Waals surface area contributed by atoms with Gasteiger partial charge < -0.3 is 19.6 Å². The van der Waals surface area contributed by atoms with Crippen LogP contribution in [-0.2, 0) is 19.4 Å². The number of urea groups is 1. The molecule has 2 heterocycles. The molecule has 0 aromatic heterocycles. The van der Waals surface area contributed by atoms with E-state index in [0.29, 0.717) is 6.42 Å². The topological polar surface area (TPSA) is 104 Å². The van der Waals surface area contributed by atoms with E-state index in [9.17, 15) is 18.0 Å². The molecule has 2 saturated heterocycles. The van der Waals surface area contributed by atoms with Gasteiger partial charge in [0, 0.05) is 19.6 Å². The van der Waals surface area contributed by atoms with Crippen LogP contribution in [0.2, 0.25) is 0 Å². The van der Waals surface area contributed by atoms with E-state index >= 15 is 0 Å². The first kappa shape index (κ1) is 15.0. The van der Waals surface area contributed by atoms with Gasteiger partial charge in [0.1, 0.15) is 0 Å². The van der Waals surface area contributed by atoms with Crippen LogP contribution in [0.1, 0.15) is 6.42 Å². The first-order valence-electron chi connectivity index (χ1n) is 6.36. The minimum absolute atomic E-state index is 0.0438. The van der Waals surface area contributed by atoms with Crippen molar-refractivity contribution in [2.24, 2.45) is 0 Å². The average Bonchev–Trinajstić information content (AvgIpc) is 2.77. The Morgan fingerprint density at radius 2 is 2.10 bits per heavy atom. The van der Waals surface area contributed by atoms with Gasteiger partial charge in [-0.2, -0.15) is 0 Å². The van der Waals surface area contributed by atoms with Gasteiger partial charge in [0.15, 0.2) is 15.9 Å². The second-order valence-corrected chi connectivity index (χ2v) is 7.30. The quantitative estimate of drug-likeness (QED) is 0.702. The van der Waals surface area contributed by atoms with Crippen LogP contribution in [0.4, 0.5) is 4.79 Å². The number of carboxylic acid groups (broad SMARTS) is 1. The number of hydrogen-bond donors (Lipinski definition) is 1. The second kappa shape index (κ2) is 5.57. The Labute approximate surface area is 117 Å². The van der Waals surface area contributed by atoms with Crippen LogP contribution in [0, 0.1) is 0 Å². The lowest BCUT2D eigenvalue weighted by Gasteiger charge is -2.37. The van der Waals surface area contributed by atoms with E-state index in [0.717, 1.165) is 0 Å². The number of sulfone groups is 1. The molecule has 2 aliphatic rings. The highest BCUT2D eigenvalue weighted by Crippen LogP contribution is 2.19. The zero-order valence-corrected chi connectivity index (χ0v) is 12.0. The number of aliphatic carboxylic acids is 1. The lowest BCUT2D eigenvalue weighted by Crippen LogP contribution is -2.57. The van der Waals surface area contributed by atoms with Crippen molar-refractivity contribution in [3.05, 3.63) is 0 Å². The summed E-state index contributed by atoms with van der Waals surface area (Å²) in [4.78, 5) is 26.0. The normalized spacial score (nSPS) is 29.1. The largest absolute Gasteiger partial charge is 0.480 e. The van der Waals surface area contributed by atoms with Gasteiger partial charge in [-0.05, 0) is 6.42 Å². The molecular weight excluding hydrogens is 288 g/mol. The maximum absolute atomic E-state index is 12.3. The zero-order chi connectivity index (χ0) is 14.9. The molecule has 114 valence electrons. The Balaban J connectivity index is 2.07. The number of hydrogen-bond acceptors (Lipinski definition) is 5. The van der Waals surface area contributed by atoms with Crippen LogP contribution in [0.5, 0.6) is 0 Å². The van der Waals surface area contributed by atoms with Gasteiger partial charge in [-0.1, -0.05) is 0 Å². The standard InChI is InChI=1S/C11H18N2O6S/c1-12(8-2-5-20(17,18)7-8)11(16)13-3-4-19-6-9(13)10(14)15/h8-9H,2-7H2,1H3,(H,14,15). The lowest BCUT2D eigenvalue weighted by molar-refractivity contribution is -0.147. The summed E-state index contributed by atoms with van der Waals surface area (Å²) in [6.07, 6.45) is 0.395. The molecule has 1 N–H and O–H groups in total. The summed E-state index contributed by atoms with van der Waals surface area (Å²) in [5, 5.41) is 9.10. The molecule has 2 aliphatic heterocycles. The molecule has 0 spiro atoms. The molecular formula is C11H18N2O6S. The highest BCUT2D eigenvalue weighted by Gasteiger charge is 2.38. The number of carbonyl (C=O) groups is 2. The predicted octanol–water partition coefficient (Wildman–Crippen LogP) is -0.989. The molecule has 2 atom stereocenters. The fraction of sp³-hybridized carbons (Fsp3) is 0.818. The summed E-state index contributed by atoms with van der Waals surface area (Å²) in [6, 6.07) is -1.86. The Kier molecular flexibility index (Phi) is 4.19. The van der Waals surface area contributed by atoms with E-state index in [1.807, 2.05) is 0 Å². The van der Waals surface area contributed by atoms with Crippen LogP contribution >= 0.6 is 0 Å². The SMILES string of the molecule is CN(C(=O)N1CCOCC1C(=O)O)C1CCS(=O)(=O)C1. The van der Waals surface area contributed by atoms with E-state index in [2.05, 4.69) is 0 Å². The van der Waals surface area contributed by atoms with Crippen molar-refractivity contribution in [1.82, 2.24) is 9.80 Å². The number of morpholine rings is 1. The third kappa shape index (κ3) is 3.04. The van der Waals surface area contributed by atoms with Gasteiger partial charge >= 0.3 is 12.0 Å². The number of ether oxygens (including phenoxy) is 1. The Hall–Kier alpha value is -1.35. The minimum Gasteiger partial charge on any atom is -0.480 e. The summed E-state index contributed by atoms with van der Waals surface area (Å²) < 4.78 is 28.0.